The zero-order valence-electron chi connectivity index (χ0n) is 18.4. The summed E-state index contributed by atoms with van der Waals surface area (Å²) in [6, 6.07) is 10.7. The van der Waals surface area contributed by atoms with E-state index in [1.807, 2.05) is 18.2 Å². The van der Waals surface area contributed by atoms with Crippen LogP contribution in [0.15, 0.2) is 36.5 Å². The van der Waals surface area contributed by atoms with Gasteiger partial charge < -0.3 is 0 Å². The molecule has 0 N–H and O–H groups in total. The van der Waals surface area contributed by atoms with Crippen molar-refractivity contribution in [2.24, 2.45) is 0 Å². The summed E-state index contributed by atoms with van der Waals surface area (Å²) in [4.78, 5) is 4.33. The first-order chi connectivity index (χ1) is 12.3. The summed E-state index contributed by atoms with van der Waals surface area (Å²) in [7, 11) is 0.453. The highest BCUT2D eigenvalue weighted by Gasteiger charge is 2.28. The first kappa shape index (κ1) is 21.7. The fourth-order valence-electron chi connectivity index (χ4n) is 2.99. The van der Waals surface area contributed by atoms with Crippen LogP contribution >= 0.6 is 8.58 Å². The molecule has 1 aromatic carbocycles. The van der Waals surface area contributed by atoms with Gasteiger partial charge in [-0.1, -0.05) is 86.2 Å². The SMILES string of the molecule is CC(C)(C)c1cc(C(C)(C)C)c(PC#Cc2ccccn2)c(C(C)(C)C)c1. The van der Waals surface area contributed by atoms with Crippen molar-refractivity contribution in [3.63, 3.8) is 0 Å². The van der Waals surface area contributed by atoms with Crippen molar-refractivity contribution in [2.45, 2.75) is 78.6 Å². The maximum absolute atomic E-state index is 4.33. The highest BCUT2D eigenvalue weighted by molar-refractivity contribution is 7.52. The van der Waals surface area contributed by atoms with Crippen molar-refractivity contribution in [3.8, 4) is 11.6 Å². The zero-order valence-corrected chi connectivity index (χ0v) is 19.4. The van der Waals surface area contributed by atoms with Gasteiger partial charge in [0.15, 0.2) is 0 Å². The van der Waals surface area contributed by atoms with Gasteiger partial charge in [-0.15, -0.1) is 0 Å². The van der Waals surface area contributed by atoms with E-state index in [0.717, 1.165) is 5.69 Å². The van der Waals surface area contributed by atoms with Crippen LogP contribution in [0, 0.1) is 11.6 Å². The van der Waals surface area contributed by atoms with Gasteiger partial charge in [0, 0.05) is 6.20 Å². The number of hydrogen-bond acceptors (Lipinski definition) is 1. The molecular formula is C25H34NP. The third-order valence-corrected chi connectivity index (χ3v) is 5.70. The Kier molecular flexibility index (Phi) is 6.23. The molecular weight excluding hydrogens is 345 g/mol. The highest BCUT2D eigenvalue weighted by Crippen LogP contribution is 2.36. The molecule has 1 nitrogen and oxygen atoms in total. The molecule has 2 aromatic rings. The monoisotopic (exact) mass is 379 g/mol. The molecule has 0 saturated heterocycles. The Balaban J connectivity index is 2.64. The largest absolute Gasteiger partial charge is 0.248 e. The van der Waals surface area contributed by atoms with Gasteiger partial charge in [0.1, 0.15) is 5.69 Å². The van der Waals surface area contributed by atoms with Crippen LogP contribution in [0.5, 0.6) is 0 Å². The predicted octanol–water partition coefficient (Wildman–Crippen LogP) is 6.29. The third kappa shape index (κ3) is 5.67. The summed E-state index contributed by atoms with van der Waals surface area (Å²) < 4.78 is 0. The lowest BCUT2D eigenvalue weighted by Gasteiger charge is -2.33. The minimum absolute atomic E-state index is 0.0796. The Morgan fingerprint density at radius 1 is 0.778 bits per heavy atom. The number of rotatable bonds is 1. The van der Waals surface area contributed by atoms with Crippen LogP contribution in [-0.4, -0.2) is 4.98 Å². The number of benzene rings is 1. The standard InChI is InChI=1S/C25H34NP/c1-23(2,3)18-16-20(24(4,5)6)22(21(17-18)25(7,8)9)27-15-13-19-12-10-11-14-26-19/h10-12,14,16-17,27H,1-9H3. The second-order valence-corrected chi connectivity index (χ2v) is 11.3. The fourth-order valence-corrected chi connectivity index (χ4v) is 4.47. The number of pyridine rings is 1. The Hall–Kier alpha value is -1.64. The van der Waals surface area contributed by atoms with Crippen LogP contribution in [0.3, 0.4) is 0 Å². The molecule has 0 spiro atoms. The smallest absolute Gasteiger partial charge is 0.113 e. The maximum Gasteiger partial charge on any atom is 0.113 e. The summed E-state index contributed by atoms with van der Waals surface area (Å²) in [6.07, 6.45) is 1.80. The van der Waals surface area contributed by atoms with Crippen molar-refractivity contribution in [1.82, 2.24) is 4.98 Å². The van der Waals surface area contributed by atoms with Gasteiger partial charge in [-0.05, 0) is 64.9 Å². The lowest BCUT2D eigenvalue weighted by molar-refractivity contribution is 0.554. The normalized spacial score (nSPS) is 12.9. The van der Waals surface area contributed by atoms with Crippen LogP contribution < -0.4 is 5.30 Å². The number of nitrogens with zero attached hydrogens (tertiary/aromatic N) is 1. The molecule has 1 atom stereocenters. The maximum atomic E-state index is 4.33. The molecule has 0 amide bonds. The molecule has 1 aromatic heterocycles. The van der Waals surface area contributed by atoms with Gasteiger partial charge >= 0.3 is 0 Å². The van der Waals surface area contributed by atoms with E-state index in [4.69, 9.17) is 0 Å². The van der Waals surface area contributed by atoms with Gasteiger partial charge in [-0.25, -0.2) is 4.98 Å². The fraction of sp³-hybridized carbons (Fsp3) is 0.480. The van der Waals surface area contributed by atoms with E-state index in [9.17, 15) is 0 Å². The van der Waals surface area contributed by atoms with Gasteiger partial charge in [-0.2, -0.15) is 0 Å². The quantitative estimate of drug-likeness (QED) is 0.419. The third-order valence-electron chi connectivity index (χ3n) is 4.66. The van der Waals surface area contributed by atoms with Crippen molar-refractivity contribution < 1.29 is 0 Å². The molecule has 27 heavy (non-hydrogen) atoms. The first-order valence-electron chi connectivity index (χ1n) is 9.68. The molecule has 144 valence electrons. The summed E-state index contributed by atoms with van der Waals surface area (Å²) in [5.41, 5.74) is 8.80. The molecule has 0 saturated carbocycles. The van der Waals surface area contributed by atoms with Gasteiger partial charge in [0.05, 0.1) is 0 Å². The molecule has 1 unspecified atom stereocenters. The van der Waals surface area contributed by atoms with E-state index in [0.29, 0.717) is 8.58 Å². The Morgan fingerprint density at radius 2 is 1.33 bits per heavy atom. The van der Waals surface area contributed by atoms with Gasteiger partial charge in [0.2, 0.25) is 0 Å². The van der Waals surface area contributed by atoms with Crippen LogP contribution in [-0.2, 0) is 16.2 Å². The molecule has 0 aliphatic rings. The van der Waals surface area contributed by atoms with Crippen LogP contribution in [0.25, 0.3) is 0 Å². The highest BCUT2D eigenvalue weighted by atomic mass is 31.1. The average Bonchev–Trinajstić information content (AvgIpc) is 2.52. The second kappa shape index (κ2) is 7.77. The minimum atomic E-state index is 0.0796. The van der Waals surface area contributed by atoms with Crippen LogP contribution in [0.4, 0.5) is 0 Å². The molecule has 0 aliphatic heterocycles. The lowest BCUT2D eigenvalue weighted by atomic mass is 9.75. The molecule has 0 radical (unpaired) electrons. The van der Waals surface area contributed by atoms with E-state index in [-0.39, 0.29) is 16.2 Å². The van der Waals surface area contributed by atoms with Gasteiger partial charge in [-0.3, -0.25) is 0 Å². The molecule has 1 heterocycles. The second-order valence-electron chi connectivity index (χ2n) is 10.3. The van der Waals surface area contributed by atoms with Crippen molar-refractivity contribution in [2.75, 3.05) is 0 Å². The number of hydrogen-bond donors (Lipinski definition) is 0. The van der Waals surface area contributed by atoms with Crippen LogP contribution in [0.2, 0.25) is 0 Å². The van der Waals surface area contributed by atoms with Crippen LogP contribution in [0.1, 0.15) is 84.7 Å². The molecule has 2 heteroatoms. The van der Waals surface area contributed by atoms with E-state index < -0.39 is 0 Å². The summed E-state index contributed by atoms with van der Waals surface area (Å²) in [6.45, 7) is 20.7. The summed E-state index contributed by atoms with van der Waals surface area (Å²) in [5, 5.41) is 1.41. The Bertz CT molecular complexity index is 813. The average molecular weight is 380 g/mol. The van der Waals surface area contributed by atoms with E-state index in [2.05, 4.69) is 91.0 Å². The Morgan fingerprint density at radius 3 is 1.74 bits per heavy atom. The molecule has 0 fully saturated rings. The zero-order chi connectivity index (χ0) is 20.5. The first-order valence-corrected chi connectivity index (χ1v) is 10.7. The Labute approximate surface area is 168 Å². The summed E-state index contributed by atoms with van der Waals surface area (Å²) >= 11 is 0. The molecule has 2 rings (SSSR count). The number of aromatic nitrogens is 1. The van der Waals surface area contributed by atoms with Gasteiger partial charge in [0.25, 0.3) is 0 Å². The lowest BCUT2D eigenvalue weighted by Crippen LogP contribution is -2.30. The van der Waals surface area contributed by atoms with E-state index in [1.165, 1.54) is 22.0 Å². The van der Waals surface area contributed by atoms with Crippen molar-refractivity contribution >= 4 is 13.9 Å². The molecule has 0 bridgehead atoms. The van der Waals surface area contributed by atoms with Crippen molar-refractivity contribution in [1.29, 1.82) is 0 Å². The minimum Gasteiger partial charge on any atom is -0.248 e. The van der Waals surface area contributed by atoms with Crippen molar-refractivity contribution in [3.05, 3.63) is 58.9 Å². The predicted molar refractivity (Wildman–Crippen MR) is 122 cm³/mol. The molecule has 0 aliphatic carbocycles. The van der Waals surface area contributed by atoms with E-state index in [1.54, 1.807) is 6.20 Å². The summed E-state index contributed by atoms with van der Waals surface area (Å²) in [5.74, 6) is 3.25. The van der Waals surface area contributed by atoms with E-state index >= 15 is 0 Å². The topological polar surface area (TPSA) is 12.9 Å².